The van der Waals surface area contributed by atoms with Crippen LogP contribution in [0, 0.1) is 0 Å². The van der Waals surface area contributed by atoms with E-state index in [0.717, 1.165) is 28.2 Å². The Morgan fingerprint density at radius 1 is 0.853 bits per heavy atom. The van der Waals surface area contributed by atoms with Gasteiger partial charge in [-0.3, -0.25) is 0 Å². The molecule has 1 aliphatic rings. The van der Waals surface area contributed by atoms with Crippen LogP contribution in [0.5, 0.6) is 0 Å². The van der Waals surface area contributed by atoms with Gasteiger partial charge in [-0.05, 0) is 26.3 Å². The summed E-state index contributed by atoms with van der Waals surface area (Å²) >= 11 is 0. The molecule has 2 aromatic heterocycles. The number of aromatic nitrogens is 2. The molecule has 1 aromatic carbocycles. The maximum absolute atomic E-state index is 12.8. The standard InChI is InChI=1S/C27H29N3O2.2HI/c1-20-24(22(3)32-27(31)30-18-12-7-13-19-30)25(23-14-8-5-9-15-23)26(21(2)28(20)4)29-16-10-6-11-17-29;;/h5-19,22,25H,1-4H3;2*1H/q+2;;/p-2. The van der Waals surface area contributed by atoms with Crippen LogP contribution in [0.3, 0.4) is 0 Å². The average molecular weight is 681 g/mol. The Kier molecular flexibility index (Phi) is 10.2. The first-order valence-electron chi connectivity index (χ1n) is 10.8. The molecule has 34 heavy (non-hydrogen) atoms. The smallest absolute Gasteiger partial charge is 0.602 e. The summed E-state index contributed by atoms with van der Waals surface area (Å²) in [5.74, 6) is -0.0524. The minimum atomic E-state index is -0.421. The summed E-state index contributed by atoms with van der Waals surface area (Å²) in [6.07, 6.45) is 6.72. The van der Waals surface area contributed by atoms with E-state index in [1.54, 1.807) is 12.4 Å². The molecular formula is C27H29I2N3O2. The second-order valence-electron chi connectivity index (χ2n) is 8.01. The second-order valence-corrected chi connectivity index (χ2v) is 8.01. The topological polar surface area (TPSA) is 37.3 Å². The molecule has 5 nitrogen and oxygen atoms in total. The minimum absolute atomic E-state index is 0. The molecule has 0 saturated heterocycles. The highest BCUT2D eigenvalue weighted by atomic mass is 127. The highest BCUT2D eigenvalue weighted by molar-refractivity contribution is 5.63. The van der Waals surface area contributed by atoms with Gasteiger partial charge in [-0.25, -0.2) is 0 Å². The fraction of sp³-hybridized carbons (Fsp3) is 0.222. The lowest BCUT2D eigenvalue weighted by Gasteiger charge is -2.36. The van der Waals surface area contributed by atoms with Crippen LogP contribution in [-0.4, -0.2) is 24.1 Å². The molecular weight excluding hydrogens is 652 g/mol. The molecule has 0 N–H and O–H groups in total. The molecule has 2 atom stereocenters. The first-order valence-corrected chi connectivity index (χ1v) is 10.8. The van der Waals surface area contributed by atoms with Gasteiger partial charge in [-0.2, -0.15) is 9.36 Å². The van der Waals surface area contributed by atoms with E-state index in [1.165, 1.54) is 4.57 Å². The van der Waals surface area contributed by atoms with E-state index in [9.17, 15) is 4.79 Å². The fourth-order valence-electron chi connectivity index (χ4n) is 4.39. The average Bonchev–Trinajstić information content (AvgIpc) is 2.83. The molecule has 0 fully saturated rings. The van der Waals surface area contributed by atoms with E-state index < -0.39 is 12.2 Å². The van der Waals surface area contributed by atoms with Gasteiger partial charge < -0.3 is 57.6 Å². The Morgan fingerprint density at radius 3 is 1.97 bits per heavy atom. The zero-order valence-electron chi connectivity index (χ0n) is 19.7. The largest absolute Gasteiger partial charge is 1.00 e. The van der Waals surface area contributed by atoms with Crippen LogP contribution in [0.25, 0.3) is 5.70 Å². The Hall–Kier alpha value is -2.27. The third kappa shape index (κ3) is 5.68. The van der Waals surface area contributed by atoms with Gasteiger partial charge in [0.2, 0.25) is 5.70 Å². The van der Waals surface area contributed by atoms with Crippen LogP contribution < -0.4 is 57.1 Å². The number of benzene rings is 1. The van der Waals surface area contributed by atoms with E-state index in [0.29, 0.717) is 0 Å². The zero-order valence-corrected chi connectivity index (χ0v) is 24.0. The van der Waals surface area contributed by atoms with Crippen molar-refractivity contribution in [2.75, 3.05) is 7.05 Å². The first-order chi connectivity index (χ1) is 15.5. The summed E-state index contributed by atoms with van der Waals surface area (Å²) in [6.45, 7) is 6.20. The SMILES string of the molecule is CC1=C(C(C)OC(=O)[n+]2ccccc2)C(c2ccccc2)C([n+]2ccccc2)=C(C)N1C.[I-].[I-]. The minimum Gasteiger partial charge on any atom is -1.00 e. The highest BCUT2D eigenvalue weighted by Crippen LogP contribution is 2.43. The van der Waals surface area contributed by atoms with Crippen LogP contribution >= 0.6 is 0 Å². The van der Waals surface area contributed by atoms with Crippen LogP contribution in [-0.2, 0) is 4.74 Å². The number of halogens is 2. The number of hydrogen-bond acceptors (Lipinski definition) is 3. The van der Waals surface area contributed by atoms with Gasteiger partial charge in [0.1, 0.15) is 6.10 Å². The van der Waals surface area contributed by atoms with Crippen LogP contribution in [0.15, 0.2) is 108 Å². The molecule has 0 spiro atoms. The van der Waals surface area contributed by atoms with E-state index >= 15 is 0 Å². The van der Waals surface area contributed by atoms with E-state index in [1.807, 2.05) is 49.4 Å². The number of carbonyl (C=O) groups is 1. The van der Waals surface area contributed by atoms with Crippen LogP contribution in [0.4, 0.5) is 4.79 Å². The number of rotatable bonds is 4. The molecule has 2 unspecified atom stereocenters. The maximum atomic E-state index is 12.8. The number of carbonyl (C=O) groups excluding carboxylic acids is 1. The van der Waals surface area contributed by atoms with Gasteiger partial charge in [-0.15, -0.1) is 0 Å². The number of ether oxygens (including phenoxy) is 1. The molecule has 4 rings (SSSR count). The number of nitrogens with zero attached hydrogens (tertiary/aromatic N) is 3. The second kappa shape index (κ2) is 12.4. The highest BCUT2D eigenvalue weighted by Gasteiger charge is 2.41. The van der Waals surface area contributed by atoms with Gasteiger partial charge >= 0.3 is 6.09 Å². The lowest BCUT2D eigenvalue weighted by molar-refractivity contribution is -0.587. The maximum Gasteiger partial charge on any atom is 0.602 e. The van der Waals surface area contributed by atoms with Crippen molar-refractivity contribution in [3.8, 4) is 0 Å². The molecule has 178 valence electrons. The number of allylic oxidation sites excluding steroid dienone is 3. The summed E-state index contributed by atoms with van der Waals surface area (Å²) in [7, 11) is 2.07. The predicted octanol–water partition coefficient (Wildman–Crippen LogP) is -1.47. The lowest BCUT2D eigenvalue weighted by Crippen LogP contribution is -3.00. The fourth-order valence-corrected chi connectivity index (χ4v) is 4.39. The number of hydrogen-bond donors (Lipinski definition) is 0. The van der Waals surface area contributed by atoms with Crippen LogP contribution in [0.2, 0.25) is 0 Å². The molecule has 3 aromatic rings. The van der Waals surface area contributed by atoms with E-state index in [4.69, 9.17) is 4.74 Å². The Labute approximate surface area is 235 Å². The molecule has 0 amide bonds. The monoisotopic (exact) mass is 681 g/mol. The normalized spacial score (nSPS) is 16.4. The molecule has 0 bridgehead atoms. The molecule has 7 heteroatoms. The van der Waals surface area contributed by atoms with Gasteiger partial charge in [0, 0.05) is 42.6 Å². The van der Waals surface area contributed by atoms with Crippen molar-refractivity contribution in [1.29, 1.82) is 0 Å². The van der Waals surface area contributed by atoms with Crippen molar-refractivity contribution in [3.63, 3.8) is 0 Å². The Bertz CT molecular complexity index is 1170. The molecule has 3 heterocycles. The van der Waals surface area contributed by atoms with Crippen molar-refractivity contribution < 1.29 is 66.6 Å². The van der Waals surface area contributed by atoms with E-state index in [-0.39, 0.29) is 53.9 Å². The third-order valence-corrected chi connectivity index (χ3v) is 6.15. The van der Waals surface area contributed by atoms with Crippen molar-refractivity contribution in [1.82, 2.24) is 4.90 Å². The summed E-state index contributed by atoms with van der Waals surface area (Å²) < 4.78 is 9.60. The van der Waals surface area contributed by atoms with Crippen molar-refractivity contribution in [2.45, 2.75) is 32.8 Å². The predicted molar refractivity (Wildman–Crippen MR) is 123 cm³/mol. The summed E-state index contributed by atoms with van der Waals surface area (Å²) in [6, 6.07) is 22.0. The van der Waals surface area contributed by atoms with E-state index in [2.05, 4.69) is 67.0 Å². The zero-order chi connectivity index (χ0) is 22.7. The molecule has 0 saturated carbocycles. The summed E-state index contributed by atoms with van der Waals surface area (Å²) in [5.41, 5.74) is 5.63. The summed E-state index contributed by atoms with van der Waals surface area (Å²) in [4.78, 5) is 15.0. The quantitative estimate of drug-likeness (QED) is 0.250. The van der Waals surface area contributed by atoms with Gasteiger partial charge in [-0.1, -0.05) is 47.0 Å². The summed E-state index contributed by atoms with van der Waals surface area (Å²) in [5, 5.41) is 0. The Morgan fingerprint density at radius 2 is 1.38 bits per heavy atom. The molecule has 0 aliphatic carbocycles. The first kappa shape index (κ1) is 28.0. The Balaban J connectivity index is 0.00000204. The van der Waals surface area contributed by atoms with Crippen LogP contribution in [0.1, 0.15) is 32.3 Å². The third-order valence-electron chi connectivity index (χ3n) is 6.15. The molecule has 1 aliphatic heterocycles. The van der Waals surface area contributed by atoms with Crippen molar-refractivity contribution in [2.24, 2.45) is 0 Å². The lowest BCUT2D eigenvalue weighted by atomic mass is 9.81. The van der Waals surface area contributed by atoms with Gasteiger partial charge in [0.05, 0.1) is 11.6 Å². The van der Waals surface area contributed by atoms with Crippen molar-refractivity contribution in [3.05, 3.63) is 114 Å². The number of pyridine rings is 2. The van der Waals surface area contributed by atoms with Gasteiger partial charge in [0.15, 0.2) is 24.8 Å². The van der Waals surface area contributed by atoms with Crippen molar-refractivity contribution >= 4 is 11.8 Å². The molecule has 0 radical (unpaired) electrons. The van der Waals surface area contributed by atoms with Gasteiger partial charge in [0.25, 0.3) is 0 Å².